The number of ether oxygens (including phenoxy) is 1. The Kier molecular flexibility index (Phi) is 4.36. The highest BCUT2D eigenvalue weighted by Gasteiger charge is 2.44. The molecule has 1 unspecified atom stereocenters. The van der Waals surface area contributed by atoms with Gasteiger partial charge in [-0.05, 0) is 31.4 Å². The lowest BCUT2D eigenvalue weighted by Crippen LogP contribution is -2.36. The number of aliphatic hydroxyl groups excluding tert-OH is 1. The Hall–Kier alpha value is -3.39. The highest BCUT2D eigenvalue weighted by atomic mass is 16.5. The number of aliphatic hydroxyl groups is 1. The molecule has 4 rings (SSSR count). The van der Waals surface area contributed by atoms with Gasteiger partial charge in [0.15, 0.2) is 23.1 Å². The fourth-order valence-electron chi connectivity index (χ4n) is 4.49. The van der Waals surface area contributed by atoms with Gasteiger partial charge in [-0.3, -0.25) is 14.4 Å². The third-order valence-electron chi connectivity index (χ3n) is 6.24. The molecule has 0 saturated carbocycles. The van der Waals surface area contributed by atoms with Gasteiger partial charge < -0.3 is 25.2 Å². The number of carbonyl (C=O) groups is 3. The standard InChI is InChI=1S/C22H20O8/c1-22(13(25)8-23)6-5-9-11(7-22)19(28)15-16(17(9)26)20(29)14-10(18(15)27)3-4-12(24)21(14)30-2/h3-4,23-24,26,28H,5-8H2,1-2H3. The van der Waals surface area contributed by atoms with Gasteiger partial charge in [0.05, 0.1) is 23.8 Å². The van der Waals surface area contributed by atoms with Crippen LogP contribution in [-0.4, -0.2) is 51.5 Å². The minimum absolute atomic E-state index is 0.0155. The van der Waals surface area contributed by atoms with E-state index in [9.17, 15) is 34.8 Å². The molecule has 0 radical (unpaired) electrons. The van der Waals surface area contributed by atoms with Gasteiger partial charge in [-0.25, -0.2) is 0 Å². The lowest BCUT2D eigenvalue weighted by molar-refractivity contribution is -0.131. The average molecular weight is 412 g/mol. The fourth-order valence-corrected chi connectivity index (χ4v) is 4.49. The van der Waals surface area contributed by atoms with Gasteiger partial charge in [0.1, 0.15) is 18.1 Å². The fraction of sp³-hybridized carbons (Fsp3) is 0.318. The van der Waals surface area contributed by atoms with Crippen molar-refractivity contribution in [3.8, 4) is 23.0 Å². The number of aromatic hydroxyl groups is 3. The molecule has 0 spiro atoms. The van der Waals surface area contributed by atoms with Crippen LogP contribution in [0.15, 0.2) is 12.1 Å². The van der Waals surface area contributed by atoms with E-state index >= 15 is 0 Å². The molecule has 8 nitrogen and oxygen atoms in total. The Morgan fingerprint density at radius 3 is 2.30 bits per heavy atom. The Labute approximate surface area is 171 Å². The zero-order chi connectivity index (χ0) is 22.0. The first kappa shape index (κ1) is 19.9. The van der Waals surface area contributed by atoms with E-state index in [1.807, 2.05) is 0 Å². The number of fused-ring (bicyclic) bond motifs is 3. The summed E-state index contributed by atoms with van der Waals surface area (Å²) in [5.41, 5.74) is -1.38. The van der Waals surface area contributed by atoms with Gasteiger partial charge in [0, 0.05) is 22.1 Å². The Balaban J connectivity index is 1.98. The number of rotatable bonds is 3. The second-order valence-electron chi connectivity index (χ2n) is 7.92. The molecule has 2 aliphatic rings. The second kappa shape index (κ2) is 6.56. The first-order valence-corrected chi connectivity index (χ1v) is 9.39. The summed E-state index contributed by atoms with van der Waals surface area (Å²) in [4.78, 5) is 38.6. The van der Waals surface area contributed by atoms with Crippen molar-refractivity contribution >= 4 is 17.3 Å². The summed E-state index contributed by atoms with van der Waals surface area (Å²) in [7, 11) is 1.24. The third-order valence-corrected chi connectivity index (χ3v) is 6.24. The molecule has 0 saturated heterocycles. The summed E-state index contributed by atoms with van der Waals surface area (Å²) in [6, 6.07) is 2.46. The molecule has 0 fully saturated rings. The Morgan fingerprint density at radius 2 is 1.67 bits per heavy atom. The molecule has 2 aliphatic carbocycles. The van der Waals surface area contributed by atoms with Crippen molar-refractivity contribution in [1.82, 2.24) is 0 Å². The number of hydrogen-bond donors (Lipinski definition) is 4. The molecule has 156 valence electrons. The van der Waals surface area contributed by atoms with Gasteiger partial charge in [0.2, 0.25) is 5.78 Å². The molecule has 30 heavy (non-hydrogen) atoms. The van der Waals surface area contributed by atoms with E-state index in [4.69, 9.17) is 4.74 Å². The summed E-state index contributed by atoms with van der Waals surface area (Å²) in [5, 5.41) is 41.1. The molecular weight excluding hydrogens is 392 g/mol. The molecular formula is C22H20O8. The smallest absolute Gasteiger partial charge is 0.202 e. The molecule has 2 aromatic carbocycles. The lowest BCUT2D eigenvalue weighted by atomic mass is 9.68. The quantitative estimate of drug-likeness (QED) is 0.476. The highest BCUT2D eigenvalue weighted by Crippen LogP contribution is 2.50. The van der Waals surface area contributed by atoms with Crippen LogP contribution in [0.3, 0.4) is 0 Å². The van der Waals surface area contributed by atoms with E-state index < -0.39 is 40.9 Å². The van der Waals surface area contributed by atoms with E-state index in [1.165, 1.54) is 19.2 Å². The van der Waals surface area contributed by atoms with Crippen LogP contribution in [0, 0.1) is 5.41 Å². The first-order valence-electron chi connectivity index (χ1n) is 9.39. The Morgan fingerprint density at radius 1 is 1.03 bits per heavy atom. The van der Waals surface area contributed by atoms with Crippen molar-refractivity contribution in [2.45, 2.75) is 26.2 Å². The molecule has 4 N–H and O–H groups in total. The number of carbonyl (C=O) groups excluding carboxylic acids is 3. The van der Waals surface area contributed by atoms with E-state index in [0.29, 0.717) is 6.42 Å². The zero-order valence-corrected chi connectivity index (χ0v) is 16.4. The largest absolute Gasteiger partial charge is 0.507 e. The minimum atomic E-state index is -0.964. The van der Waals surface area contributed by atoms with Crippen LogP contribution >= 0.6 is 0 Å². The SMILES string of the molecule is COc1c(O)ccc2c1C(=O)c1c(O)c3c(c(O)c1C2=O)CC(C)(C(=O)CO)CC3. The van der Waals surface area contributed by atoms with E-state index in [2.05, 4.69) is 0 Å². The van der Waals surface area contributed by atoms with E-state index in [-0.39, 0.29) is 57.7 Å². The summed E-state index contributed by atoms with van der Waals surface area (Å²) >= 11 is 0. The number of phenols is 3. The predicted octanol–water partition coefficient (Wildman–Crippen LogP) is 1.64. The van der Waals surface area contributed by atoms with Gasteiger partial charge in [-0.2, -0.15) is 0 Å². The maximum atomic E-state index is 13.2. The minimum Gasteiger partial charge on any atom is -0.507 e. The maximum Gasteiger partial charge on any atom is 0.202 e. The number of Topliss-reactive ketones (excluding diaryl/α,β-unsaturated/α-hetero) is 1. The number of hydrogen-bond acceptors (Lipinski definition) is 8. The van der Waals surface area contributed by atoms with Crippen molar-refractivity contribution in [2.75, 3.05) is 13.7 Å². The van der Waals surface area contributed by atoms with Crippen LogP contribution in [0.2, 0.25) is 0 Å². The van der Waals surface area contributed by atoms with Crippen LogP contribution in [0.25, 0.3) is 0 Å². The lowest BCUT2D eigenvalue weighted by Gasteiger charge is -2.35. The van der Waals surface area contributed by atoms with Crippen molar-refractivity contribution in [1.29, 1.82) is 0 Å². The van der Waals surface area contributed by atoms with Crippen molar-refractivity contribution in [2.24, 2.45) is 5.41 Å². The molecule has 0 bridgehead atoms. The van der Waals surface area contributed by atoms with Gasteiger partial charge in [-0.15, -0.1) is 0 Å². The number of ketones is 3. The maximum absolute atomic E-state index is 13.2. The summed E-state index contributed by atoms with van der Waals surface area (Å²) in [6.07, 6.45) is 0.491. The van der Waals surface area contributed by atoms with Crippen molar-refractivity contribution < 1.29 is 39.5 Å². The molecule has 0 amide bonds. The molecule has 2 aromatic rings. The predicted molar refractivity (Wildman–Crippen MR) is 104 cm³/mol. The van der Waals surface area contributed by atoms with Crippen LogP contribution in [0.1, 0.15) is 56.3 Å². The topological polar surface area (TPSA) is 141 Å². The Bertz CT molecular complexity index is 1150. The number of benzene rings is 2. The van der Waals surface area contributed by atoms with Gasteiger partial charge in [0.25, 0.3) is 0 Å². The number of phenolic OH excluding ortho intramolecular Hbond substituents is 3. The van der Waals surface area contributed by atoms with Gasteiger partial charge >= 0.3 is 0 Å². The first-order chi connectivity index (χ1) is 14.2. The zero-order valence-electron chi connectivity index (χ0n) is 16.4. The molecule has 8 heteroatoms. The van der Waals surface area contributed by atoms with Crippen molar-refractivity contribution in [3.05, 3.63) is 45.5 Å². The second-order valence-corrected chi connectivity index (χ2v) is 7.92. The van der Waals surface area contributed by atoms with Crippen LogP contribution in [0.4, 0.5) is 0 Å². The summed E-state index contributed by atoms with van der Waals surface area (Å²) in [6.45, 7) is 0.998. The third kappa shape index (κ3) is 2.46. The monoisotopic (exact) mass is 412 g/mol. The molecule has 0 aromatic heterocycles. The van der Waals surface area contributed by atoms with Crippen LogP contribution in [-0.2, 0) is 17.6 Å². The van der Waals surface area contributed by atoms with E-state index in [1.54, 1.807) is 6.92 Å². The van der Waals surface area contributed by atoms with Crippen LogP contribution in [0.5, 0.6) is 23.0 Å². The molecule has 0 heterocycles. The summed E-state index contributed by atoms with van der Waals surface area (Å²) in [5.74, 6) is -3.25. The van der Waals surface area contributed by atoms with Crippen LogP contribution < -0.4 is 4.74 Å². The highest BCUT2D eigenvalue weighted by molar-refractivity contribution is 6.31. The number of methoxy groups -OCH3 is 1. The summed E-state index contributed by atoms with van der Waals surface area (Å²) < 4.78 is 5.10. The average Bonchev–Trinajstić information content (AvgIpc) is 2.73. The van der Waals surface area contributed by atoms with Crippen molar-refractivity contribution in [3.63, 3.8) is 0 Å². The normalized spacial score (nSPS) is 19.7. The van der Waals surface area contributed by atoms with E-state index in [0.717, 1.165) is 0 Å². The molecule has 1 atom stereocenters. The van der Waals surface area contributed by atoms with Gasteiger partial charge in [-0.1, -0.05) is 6.92 Å². The molecule has 0 aliphatic heterocycles.